The molecule has 0 amide bonds. The van der Waals surface area contributed by atoms with Crippen molar-refractivity contribution in [1.29, 1.82) is 0 Å². The van der Waals surface area contributed by atoms with Crippen LogP contribution in [0.25, 0.3) is 0 Å². The summed E-state index contributed by atoms with van der Waals surface area (Å²) in [5, 5.41) is 14.3. The molecule has 5 heteroatoms. The van der Waals surface area contributed by atoms with Gasteiger partial charge in [0.2, 0.25) is 0 Å². The maximum absolute atomic E-state index is 11.1. The van der Waals surface area contributed by atoms with Crippen molar-refractivity contribution in [2.45, 2.75) is 26.3 Å². The number of hydrogen-bond acceptors (Lipinski definition) is 5. The van der Waals surface area contributed by atoms with E-state index < -0.39 is 5.54 Å². The highest BCUT2D eigenvalue weighted by molar-refractivity contribution is 4.75. The minimum Gasteiger partial charge on any atom is -0.782 e. The lowest BCUT2D eigenvalue weighted by Crippen LogP contribution is -2.37. The lowest BCUT2D eigenvalue weighted by atomic mass is 10.1. The summed E-state index contributed by atoms with van der Waals surface area (Å²) < 4.78 is 4.70. The van der Waals surface area contributed by atoms with Crippen LogP contribution in [0.2, 0.25) is 0 Å². The van der Waals surface area contributed by atoms with E-state index in [1.165, 1.54) is 0 Å². The van der Waals surface area contributed by atoms with Crippen LogP contribution >= 0.6 is 0 Å². The second kappa shape index (κ2) is 4.84. The minimum atomic E-state index is -0.484. The zero-order valence-corrected chi connectivity index (χ0v) is 7.48. The smallest absolute Gasteiger partial charge is 0.130 e. The molecule has 0 saturated heterocycles. The van der Waals surface area contributed by atoms with Crippen LogP contribution < -0.4 is 0 Å². The van der Waals surface area contributed by atoms with Crippen molar-refractivity contribution in [2.24, 2.45) is 5.18 Å². The molecule has 0 fully saturated rings. The van der Waals surface area contributed by atoms with E-state index in [2.05, 4.69) is 5.18 Å². The average molecular weight is 173 g/mol. The van der Waals surface area contributed by atoms with E-state index in [4.69, 9.17) is 4.74 Å². The fourth-order valence-electron chi connectivity index (χ4n) is 0.372. The Kier molecular flexibility index (Phi) is 4.46. The van der Waals surface area contributed by atoms with Crippen LogP contribution in [0.3, 0.4) is 0 Å². The van der Waals surface area contributed by atoms with Gasteiger partial charge in [-0.3, -0.25) is 0 Å². The molecule has 0 bridgehead atoms. The number of ether oxygens (including phenoxy) is 1. The second-order valence-electron chi connectivity index (χ2n) is 3.24. The standard InChI is InChI=1S/C7H13N2O3/c1-7(2,3)9(11)6-12-5-4-8-10/h4-5H,6H2,1-3H3/q-1/b5-4+. The zero-order chi connectivity index (χ0) is 9.61. The molecule has 0 aliphatic rings. The molecule has 0 aromatic rings. The Balaban J connectivity index is 3.64. The van der Waals surface area contributed by atoms with Gasteiger partial charge in [-0.1, -0.05) is 0 Å². The van der Waals surface area contributed by atoms with Gasteiger partial charge in [0.15, 0.2) is 0 Å². The highest BCUT2D eigenvalue weighted by Crippen LogP contribution is 2.10. The van der Waals surface area contributed by atoms with Gasteiger partial charge >= 0.3 is 0 Å². The summed E-state index contributed by atoms with van der Waals surface area (Å²) in [7, 11) is 0. The van der Waals surface area contributed by atoms with Crippen molar-refractivity contribution < 1.29 is 4.74 Å². The molecule has 0 aliphatic heterocycles. The molecule has 0 atom stereocenters. The lowest BCUT2D eigenvalue weighted by molar-refractivity contribution is 0.0659. The number of rotatable bonds is 4. The highest BCUT2D eigenvalue weighted by atomic mass is 16.6. The Morgan fingerprint density at radius 2 is 2.17 bits per heavy atom. The molecule has 70 valence electrons. The van der Waals surface area contributed by atoms with E-state index in [0.29, 0.717) is 0 Å². The first-order valence-electron chi connectivity index (χ1n) is 3.52. The molecule has 12 heavy (non-hydrogen) atoms. The number of nitroso groups, excluding NO2 is 1. The van der Waals surface area contributed by atoms with Crippen LogP contribution in [-0.2, 0) is 4.74 Å². The van der Waals surface area contributed by atoms with E-state index in [9.17, 15) is 10.1 Å². The molecule has 0 heterocycles. The minimum absolute atomic E-state index is 0.102. The third-order valence-electron chi connectivity index (χ3n) is 1.16. The van der Waals surface area contributed by atoms with Crippen molar-refractivity contribution >= 4 is 0 Å². The molecular weight excluding hydrogens is 160 g/mol. The van der Waals surface area contributed by atoms with Gasteiger partial charge in [0.05, 0.1) is 0 Å². The normalized spacial score (nSPS) is 12.4. The Hall–Kier alpha value is -0.940. The van der Waals surface area contributed by atoms with E-state index in [-0.39, 0.29) is 6.73 Å². The zero-order valence-electron chi connectivity index (χ0n) is 7.48. The summed E-state index contributed by atoms with van der Waals surface area (Å²) in [6, 6.07) is 0. The fourth-order valence-corrected chi connectivity index (χ4v) is 0.372. The highest BCUT2D eigenvalue weighted by Gasteiger charge is 2.11. The third kappa shape index (κ3) is 4.81. The number of hydrogen-bond donors (Lipinski definition) is 0. The lowest BCUT2D eigenvalue weighted by Gasteiger charge is -2.40. The molecule has 0 unspecified atom stereocenters. The van der Waals surface area contributed by atoms with Crippen molar-refractivity contribution in [3.8, 4) is 0 Å². The van der Waals surface area contributed by atoms with Crippen molar-refractivity contribution in [3.05, 3.63) is 22.6 Å². The van der Waals surface area contributed by atoms with Crippen molar-refractivity contribution in [3.63, 3.8) is 0 Å². The Morgan fingerprint density at radius 1 is 1.58 bits per heavy atom. The van der Waals surface area contributed by atoms with Gasteiger partial charge in [0, 0.05) is 5.54 Å². The van der Waals surface area contributed by atoms with Gasteiger partial charge in [-0.15, -0.1) is 4.91 Å². The Labute approximate surface area is 71.6 Å². The van der Waals surface area contributed by atoms with Crippen molar-refractivity contribution in [1.82, 2.24) is 5.06 Å². The SMILES string of the molecule is CC(C)(C)N([O-])CO/C=C/N=O. The molecule has 0 spiro atoms. The predicted octanol–water partition coefficient (Wildman–Crippen LogP) is 1.80. The Bertz CT molecular complexity index is 163. The molecule has 5 nitrogen and oxygen atoms in total. The molecule has 0 saturated carbocycles. The molecule has 0 radical (unpaired) electrons. The van der Waals surface area contributed by atoms with Gasteiger partial charge in [-0.2, -0.15) is 0 Å². The number of nitrogens with zero attached hydrogens (tertiary/aromatic N) is 2. The van der Waals surface area contributed by atoms with Crippen molar-refractivity contribution in [2.75, 3.05) is 6.73 Å². The summed E-state index contributed by atoms with van der Waals surface area (Å²) in [6.07, 6.45) is 2.03. The third-order valence-corrected chi connectivity index (χ3v) is 1.16. The van der Waals surface area contributed by atoms with Crippen LogP contribution in [0.4, 0.5) is 0 Å². The summed E-state index contributed by atoms with van der Waals surface area (Å²) in [6.45, 7) is 5.21. The quantitative estimate of drug-likeness (QED) is 0.281. The van der Waals surface area contributed by atoms with E-state index in [1.54, 1.807) is 20.8 Å². The predicted molar refractivity (Wildman–Crippen MR) is 45.8 cm³/mol. The first-order valence-corrected chi connectivity index (χ1v) is 3.52. The van der Waals surface area contributed by atoms with Gasteiger partial charge in [0.25, 0.3) is 0 Å². The van der Waals surface area contributed by atoms with Gasteiger partial charge < -0.3 is 15.0 Å². The van der Waals surface area contributed by atoms with E-state index >= 15 is 0 Å². The van der Waals surface area contributed by atoms with Crippen LogP contribution in [-0.4, -0.2) is 17.3 Å². The largest absolute Gasteiger partial charge is 0.782 e. The topological polar surface area (TPSA) is 65.0 Å². The van der Waals surface area contributed by atoms with Crippen LogP contribution in [0.1, 0.15) is 20.8 Å². The molecule has 0 aliphatic carbocycles. The van der Waals surface area contributed by atoms with E-state index in [1.807, 2.05) is 0 Å². The molecule has 0 N–H and O–H groups in total. The molecule has 0 aromatic carbocycles. The van der Waals surface area contributed by atoms with Crippen LogP contribution in [0.5, 0.6) is 0 Å². The van der Waals surface area contributed by atoms with Gasteiger partial charge in [-0.25, -0.2) is 0 Å². The van der Waals surface area contributed by atoms with Gasteiger partial charge in [-0.05, 0) is 25.9 Å². The molecule has 0 aromatic heterocycles. The first kappa shape index (κ1) is 11.1. The molecule has 0 rings (SSSR count). The van der Waals surface area contributed by atoms with Crippen LogP contribution in [0, 0.1) is 10.1 Å². The summed E-state index contributed by atoms with van der Waals surface area (Å²) >= 11 is 0. The number of hydroxylamine groups is 2. The molecular formula is C7H13N2O3-. The van der Waals surface area contributed by atoms with Gasteiger partial charge in [0.1, 0.15) is 19.2 Å². The maximum Gasteiger partial charge on any atom is 0.130 e. The average Bonchev–Trinajstić information content (AvgIpc) is 1.96. The fraction of sp³-hybridized carbons (Fsp3) is 0.714. The summed E-state index contributed by atoms with van der Waals surface area (Å²) in [5.74, 6) is 0. The van der Waals surface area contributed by atoms with E-state index in [0.717, 1.165) is 17.5 Å². The van der Waals surface area contributed by atoms with Crippen LogP contribution in [0.15, 0.2) is 17.6 Å². The Morgan fingerprint density at radius 3 is 2.58 bits per heavy atom. The first-order chi connectivity index (χ1) is 5.48. The summed E-state index contributed by atoms with van der Waals surface area (Å²) in [5.41, 5.74) is -0.484. The second-order valence-corrected chi connectivity index (χ2v) is 3.24. The summed E-state index contributed by atoms with van der Waals surface area (Å²) in [4.78, 5) is 9.54. The monoisotopic (exact) mass is 173 g/mol. The maximum atomic E-state index is 11.1.